The van der Waals surface area contributed by atoms with Gasteiger partial charge in [0.05, 0.1) is 12.2 Å². The molecule has 0 radical (unpaired) electrons. The van der Waals surface area contributed by atoms with Gasteiger partial charge in [-0.05, 0) is 67.3 Å². The van der Waals surface area contributed by atoms with E-state index in [2.05, 4.69) is 48.3 Å². The second kappa shape index (κ2) is 9.35. The molecular formula is C28H27N3O2. The molecule has 0 aliphatic carbocycles. The van der Waals surface area contributed by atoms with Crippen molar-refractivity contribution < 1.29 is 9.84 Å². The van der Waals surface area contributed by atoms with Gasteiger partial charge in [0.2, 0.25) is 0 Å². The molecule has 5 nitrogen and oxygen atoms in total. The first kappa shape index (κ1) is 21.0. The van der Waals surface area contributed by atoms with E-state index in [9.17, 15) is 0 Å². The lowest BCUT2D eigenvalue weighted by molar-refractivity contribution is 0.288. The average Bonchev–Trinajstić information content (AvgIpc) is 3.50. The number of hydrogen-bond donors (Lipinski definition) is 2. The van der Waals surface area contributed by atoms with Crippen molar-refractivity contribution >= 4 is 10.9 Å². The Labute approximate surface area is 193 Å². The summed E-state index contributed by atoms with van der Waals surface area (Å²) in [6, 6.07) is 24.7. The molecule has 166 valence electrons. The fraction of sp³-hybridized carbons (Fsp3) is 0.179. The summed E-state index contributed by atoms with van der Waals surface area (Å²) in [5.74, 6) is 1.64. The first-order chi connectivity index (χ1) is 16.2. The van der Waals surface area contributed by atoms with Crippen LogP contribution < -0.4 is 4.74 Å². The van der Waals surface area contributed by atoms with E-state index in [0.29, 0.717) is 6.54 Å². The number of nitrogens with zero attached hydrogens (tertiary/aromatic N) is 2. The van der Waals surface area contributed by atoms with Crippen LogP contribution >= 0.6 is 0 Å². The summed E-state index contributed by atoms with van der Waals surface area (Å²) in [5.41, 5.74) is 6.60. The largest absolute Gasteiger partial charge is 0.457 e. The van der Waals surface area contributed by atoms with Crippen LogP contribution in [0.25, 0.3) is 22.2 Å². The van der Waals surface area contributed by atoms with E-state index in [1.807, 2.05) is 53.5 Å². The van der Waals surface area contributed by atoms with Crippen LogP contribution in [0, 0.1) is 6.92 Å². The SMILES string of the molecule is Cc1c(Oc2cccc(-c3ccn(Cc4cccc(CCCO)c4)n3)c2)ccc2[nH]ccc12. The predicted octanol–water partition coefficient (Wildman–Crippen LogP) is 6.11. The number of benzene rings is 3. The summed E-state index contributed by atoms with van der Waals surface area (Å²) < 4.78 is 8.19. The minimum atomic E-state index is 0.218. The smallest absolute Gasteiger partial charge is 0.131 e. The second-order valence-corrected chi connectivity index (χ2v) is 8.30. The van der Waals surface area contributed by atoms with Gasteiger partial charge in [-0.3, -0.25) is 4.68 Å². The molecule has 33 heavy (non-hydrogen) atoms. The lowest BCUT2D eigenvalue weighted by Gasteiger charge is -2.10. The number of aromatic amines is 1. The van der Waals surface area contributed by atoms with Crippen LogP contribution in [0.1, 0.15) is 23.1 Å². The molecule has 5 aromatic rings. The molecule has 0 unspecified atom stereocenters. The van der Waals surface area contributed by atoms with Crippen molar-refractivity contribution in [3.63, 3.8) is 0 Å². The van der Waals surface area contributed by atoms with Crippen LogP contribution in [0.5, 0.6) is 11.5 Å². The zero-order valence-corrected chi connectivity index (χ0v) is 18.7. The summed E-state index contributed by atoms with van der Waals surface area (Å²) in [7, 11) is 0. The van der Waals surface area contributed by atoms with Crippen LogP contribution in [0.4, 0.5) is 0 Å². The zero-order chi connectivity index (χ0) is 22.6. The monoisotopic (exact) mass is 437 g/mol. The first-order valence-electron chi connectivity index (χ1n) is 11.3. The molecule has 0 bridgehead atoms. The number of H-pyrrole nitrogens is 1. The third-order valence-corrected chi connectivity index (χ3v) is 5.91. The third kappa shape index (κ3) is 4.69. The maximum atomic E-state index is 9.07. The molecule has 5 rings (SSSR count). The molecular weight excluding hydrogens is 410 g/mol. The summed E-state index contributed by atoms with van der Waals surface area (Å²) in [4.78, 5) is 3.24. The van der Waals surface area contributed by atoms with Gasteiger partial charge in [0, 0.05) is 41.0 Å². The molecule has 2 heterocycles. The highest BCUT2D eigenvalue weighted by Gasteiger charge is 2.09. The van der Waals surface area contributed by atoms with Gasteiger partial charge in [-0.25, -0.2) is 0 Å². The van der Waals surface area contributed by atoms with Crippen molar-refractivity contribution in [2.45, 2.75) is 26.3 Å². The minimum Gasteiger partial charge on any atom is -0.457 e. The highest BCUT2D eigenvalue weighted by molar-refractivity contribution is 5.85. The topological polar surface area (TPSA) is 63.1 Å². The average molecular weight is 438 g/mol. The Morgan fingerprint density at radius 3 is 2.76 bits per heavy atom. The summed E-state index contributed by atoms with van der Waals surface area (Å²) in [5, 5.41) is 15.0. The Morgan fingerprint density at radius 2 is 1.85 bits per heavy atom. The molecule has 0 fully saturated rings. The number of aliphatic hydroxyl groups is 1. The first-order valence-corrected chi connectivity index (χ1v) is 11.3. The minimum absolute atomic E-state index is 0.218. The van der Waals surface area contributed by atoms with E-state index in [4.69, 9.17) is 14.9 Å². The van der Waals surface area contributed by atoms with Gasteiger partial charge in [0.1, 0.15) is 11.5 Å². The molecule has 0 saturated heterocycles. The molecule has 0 spiro atoms. The van der Waals surface area contributed by atoms with Crippen molar-refractivity contribution in [2.75, 3.05) is 6.61 Å². The fourth-order valence-corrected chi connectivity index (χ4v) is 4.18. The van der Waals surface area contributed by atoms with Crippen molar-refractivity contribution in [1.82, 2.24) is 14.8 Å². The van der Waals surface area contributed by atoms with E-state index in [1.165, 1.54) is 16.5 Å². The Balaban J connectivity index is 1.33. The van der Waals surface area contributed by atoms with Gasteiger partial charge in [0.25, 0.3) is 0 Å². The molecule has 0 aliphatic rings. The summed E-state index contributed by atoms with van der Waals surface area (Å²) in [6.45, 7) is 3.00. The van der Waals surface area contributed by atoms with Gasteiger partial charge < -0.3 is 14.8 Å². The van der Waals surface area contributed by atoms with E-state index >= 15 is 0 Å². The van der Waals surface area contributed by atoms with Crippen LogP contribution in [-0.4, -0.2) is 26.5 Å². The molecule has 2 N–H and O–H groups in total. The Morgan fingerprint density at radius 1 is 0.970 bits per heavy atom. The fourth-order valence-electron chi connectivity index (χ4n) is 4.18. The second-order valence-electron chi connectivity index (χ2n) is 8.30. The Kier molecular flexibility index (Phi) is 5.96. The molecule has 2 aromatic heterocycles. The Hall–Kier alpha value is -3.83. The van der Waals surface area contributed by atoms with E-state index in [0.717, 1.165) is 46.7 Å². The quantitative estimate of drug-likeness (QED) is 0.308. The standard InChI is InChI=1S/C28H27N3O2/c1-20-25-12-14-29-27(25)10-11-28(20)33-24-9-3-8-23(18-24)26-13-15-31(30-26)19-22-6-2-5-21(17-22)7-4-16-32/h2-3,5-6,8-15,17-18,29,32H,4,7,16,19H2,1H3. The van der Waals surface area contributed by atoms with Crippen LogP contribution in [-0.2, 0) is 13.0 Å². The lowest BCUT2D eigenvalue weighted by Crippen LogP contribution is -2.01. The Bertz CT molecular complexity index is 1380. The number of rotatable bonds is 8. The molecule has 0 atom stereocenters. The van der Waals surface area contributed by atoms with Crippen molar-refractivity contribution in [1.29, 1.82) is 0 Å². The number of ether oxygens (including phenoxy) is 1. The van der Waals surface area contributed by atoms with Gasteiger partial charge in [-0.1, -0.05) is 36.4 Å². The molecule has 0 aliphatic heterocycles. The number of nitrogens with one attached hydrogen (secondary N) is 1. The number of fused-ring (bicyclic) bond motifs is 1. The van der Waals surface area contributed by atoms with Gasteiger partial charge in [-0.2, -0.15) is 5.10 Å². The van der Waals surface area contributed by atoms with Crippen molar-refractivity contribution in [3.8, 4) is 22.8 Å². The van der Waals surface area contributed by atoms with Crippen molar-refractivity contribution in [3.05, 3.63) is 102 Å². The highest BCUT2D eigenvalue weighted by Crippen LogP contribution is 2.32. The molecule has 5 heteroatoms. The number of aryl methyl sites for hydroxylation is 2. The van der Waals surface area contributed by atoms with Gasteiger partial charge >= 0.3 is 0 Å². The van der Waals surface area contributed by atoms with Gasteiger partial charge in [0.15, 0.2) is 0 Å². The zero-order valence-electron chi connectivity index (χ0n) is 18.7. The van der Waals surface area contributed by atoms with Crippen LogP contribution in [0.2, 0.25) is 0 Å². The predicted molar refractivity (Wildman–Crippen MR) is 132 cm³/mol. The van der Waals surface area contributed by atoms with E-state index in [-0.39, 0.29) is 6.61 Å². The normalized spacial score (nSPS) is 11.2. The van der Waals surface area contributed by atoms with Crippen LogP contribution in [0.15, 0.2) is 85.2 Å². The van der Waals surface area contributed by atoms with Crippen LogP contribution in [0.3, 0.4) is 0 Å². The van der Waals surface area contributed by atoms with E-state index < -0.39 is 0 Å². The number of aliphatic hydroxyl groups excluding tert-OH is 1. The van der Waals surface area contributed by atoms with E-state index in [1.54, 1.807) is 0 Å². The van der Waals surface area contributed by atoms with Crippen molar-refractivity contribution in [2.24, 2.45) is 0 Å². The maximum Gasteiger partial charge on any atom is 0.131 e. The number of hydrogen-bond acceptors (Lipinski definition) is 3. The maximum absolute atomic E-state index is 9.07. The third-order valence-electron chi connectivity index (χ3n) is 5.91. The highest BCUT2D eigenvalue weighted by atomic mass is 16.5. The summed E-state index contributed by atoms with van der Waals surface area (Å²) >= 11 is 0. The summed E-state index contributed by atoms with van der Waals surface area (Å²) in [6.07, 6.45) is 5.63. The number of aromatic nitrogens is 3. The lowest BCUT2D eigenvalue weighted by atomic mass is 10.1. The molecule has 0 saturated carbocycles. The molecule has 3 aromatic carbocycles. The molecule has 0 amide bonds. The van der Waals surface area contributed by atoms with Gasteiger partial charge in [-0.15, -0.1) is 0 Å².